The Morgan fingerprint density at radius 1 is 1.27 bits per heavy atom. The fraction of sp³-hybridized carbons (Fsp3) is 0.294. The third-order valence-corrected chi connectivity index (χ3v) is 5.26. The number of aliphatic hydroxyl groups is 1. The van der Waals surface area contributed by atoms with Crippen LogP contribution in [-0.4, -0.2) is 20.9 Å². The summed E-state index contributed by atoms with van der Waals surface area (Å²) < 4.78 is 31.2. The monoisotopic (exact) mass is 320 g/mol. The van der Waals surface area contributed by atoms with Gasteiger partial charge in [0, 0.05) is 11.3 Å². The van der Waals surface area contributed by atoms with Gasteiger partial charge >= 0.3 is 0 Å². The molecule has 5 heteroatoms. The molecule has 116 valence electrons. The third-order valence-electron chi connectivity index (χ3n) is 3.75. The molecule has 0 radical (unpaired) electrons. The lowest BCUT2D eigenvalue weighted by Crippen LogP contribution is -2.44. The van der Waals surface area contributed by atoms with Gasteiger partial charge in [-0.2, -0.15) is 0 Å². The Bertz CT molecular complexity index is 714. The molecule has 0 bridgehead atoms. The summed E-state index contributed by atoms with van der Waals surface area (Å²) in [5, 5.41) is 10.6. The maximum Gasteiger partial charge on any atom is 0.220 e. The Balaban J connectivity index is 1.76. The summed E-state index contributed by atoms with van der Waals surface area (Å²) in [6.45, 7) is 1.96. The molecule has 1 unspecified atom stereocenters. The van der Waals surface area contributed by atoms with E-state index in [1.54, 1.807) is 12.1 Å². The number of aryl methyl sites for hydroxylation is 2. The molecule has 1 N–H and O–H groups in total. The van der Waals surface area contributed by atoms with Crippen molar-refractivity contribution >= 4 is 10.8 Å². The standard InChI is InChI=1S/C17H17FO3S/c1-12-2-5-15(6-3-12)22(20)11-17(19)9-8-13-10-14(18)4-7-16(13)21-17/h2-7,10,19H,8-9,11H2,1H3/t17?,22-/m1/s1. The van der Waals surface area contributed by atoms with Crippen LogP contribution in [0.3, 0.4) is 0 Å². The molecule has 2 aromatic carbocycles. The average Bonchev–Trinajstić information content (AvgIpc) is 2.48. The van der Waals surface area contributed by atoms with Crippen LogP contribution in [0.1, 0.15) is 17.5 Å². The molecule has 0 amide bonds. The highest BCUT2D eigenvalue weighted by molar-refractivity contribution is 7.85. The fourth-order valence-electron chi connectivity index (χ4n) is 2.51. The summed E-state index contributed by atoms with van der Waals surface area (Å²) in [5.74, 6) is -1.36. The second-order valence-electron chi connectivity index (χ2n) is 5.60. The first-order chi connectivity index (χ1) is 10.5. The van der Waals surface area contributed by atoms with Crippen molar-refractivity contribution in [1.82, 2.24) is 0 Å². The van der Waals surface area contributed by atoms with Gasteiger partial charge in [-0.25, -0.2) is 4.39 Å². The number of hydrogen-bond donors (Lipinski definition) is 1. The van der Waals surface area contributed by atoms with Crippen LogP contribution in [0.2, 0.25) is 0 Å². The van der Waals surface area contributed by atoms with Gasteiger partial charge in [0.1, 0.15) is 11.6 Å². The molecule has 0 saturated carbocycles. The zero-order chi connectivity index (χ0) is 15.7. The summed E-state index contributed by atoms with van der Waals surface area (Å²) >= 11 is 0. The van der Waals surface area contributed by atoms with Crippen molar-refractivity contribution in [3.05, 3.63) is 59.4 Å². The van der Waals surface area contributed by atoms with E-state index >= 15 is 0 Å². The molecule has 0 saturated heterocycles. The molecule has 2 aromatic rings. The van der Waals surface area contributed by atoms with Crippen LogP contribution < -0.4 is 4.74 Å². The van der Waals surface area contributed by atoms with E-state index < -0.39 is 16.6 Å². The van der Waals surface area contributed by atoms with Crippen molar-refractivity contribution in [2.75, 3.05) is 5.75 Å². The van der Waals surface area contributed by atoms with Crippen LogP contribution in [0.15, 0.2) is 47.4 Å². The maximum absolute atomic E-state index is 13.2. The topological polar surface area (TPSA) is 46.5 Å². The van der Waals surface area contributed by atoms with Gasteiger partial charge in [-0.1, -0.05) is 17.7 Å². The lowest BCUT2D eigenvalue weighted by Gasteiger charge is -2.33. The highest BCUT2D eigenvalue weighted by Gasteiger charge is 2.36. The van der Waals surface area contributed by atoms with Gasteiger partial charge in [0.25, 0.3) is 0 Å². The predicted octanol–water partition coefficient (Wildman–Crippen LogP) is 2.96. The van der Waals surface area contributed by atoms with Gasteiger partial charge in [0.2, 0.25) is 5.79 Å². The van der Waals surface area contributed by atoms with E-state index in [1.807, 2.05) is 19.1 Å². The molecule has 0 fully saturated rings. The maximum atomic E-state index is 13.2. The van der Waals surface area contributed by atoms with Gasteiger partial charge in [-0.15, -0.1) is 0 Å². The minimum absolute atomic E-state index is 0.00707. The normalized spacial score (nSPS) is 21.8. The minimum Gasteiger partial charge on any atom is -0.461 e. The summed E-state index contributed by atoms with van der Waals surface area (Å²) in [5.41, 5.74) is 1.81. The van der Waals surface area contributed by atoms with Crippen molar-refractivity contribution in [1.29, 1.82) is 0 Å². The number of hydrogen-bond acceptors (Lipinski definition) is 3. The average molecular weight is 320 g/mol. The van der Waals surface area contributed by atoms with Crippen LogP contribution in [0.5, 0.6) is 5.75 Å². The van der Waals surface area contributed by atoms with Crippen LogP contribution in [0, 0.1) is 12.7 Å². The van der Waals surface area contributed by atoms with E-state index in [1.165, 1.54) is 18.2 Å². The van der Waals surface area contributed by atoms with E-state index in [4.69, 9.17) is 4.74 Å². The molecule has 22 heavy (non-hydrogen) atoms. The summed E-state index contributed by atoms with van der Waals surface area (Å²) in [4.78, 5) is 0.660. The number of benzene rings is 2. The van der Waals surface area contributed by atoms with E-state index in [-0.39, 0.29) is 11.6 Å². The first-order valence-corrected chi connectivity index (χ1v) is 8.42. The summed E-state index contributed by atoms with van der Waals surface area (Å²) in [6.07, 6.45) is 0.787. The Kier molecular flexibility index (Phi) is 4.02. The largest absolute Gasteiger partial charge is 0.461 e. The zero-order valence-electron chi connectivity index (χ0n) is 12.2. The van der Waals surface area contributed by atoms with Crippen LogP contribution in [-0.2, 0) is 17.2 Å². The van der Waals surface area contributed by atoms with E-state index in [9.17, 15) is 13.7 Å². The molecule has 0 aromatic heterocycles. The van der Waals surface area contributed by atoms with Gasteiger partial charge in [0.05, 0.1) is 16.6 Å². The SMILES string of the molecule is Cc1ccc([S@](=O)CC2(O)CCc3cc(F)ccc3O2)cc1. The molecule has 1 aliphatic heterocycles. The Labute approximate surface area is 131 Å². The number of halogens is 1. The zero-order valence-corrected chi connectivity index (χ0v) is 13.0. The molecule has 1 aliphatic rings. The second kappa shape index (κ2) is 5.82. The first-order valence-electron chi connectivity index (χ1n) is 7.10. The van der Waals surface area contributed by atoms with Crippen molar-refractivity contribution in [2.45, 2.75) is 30.4 Å². The smallest absolute Gasteiger partial charge is 0.220 e. The lowest BCUT2D eigenvalue weighted by atomic mass is 10.0. The van der Waals surface area contributed by atoms with Gasteiger partial charge in [0.15, 0.2) is 0 Å². The predicted molar refractivity (Wildman–Crippen MR) is 82.8 cm³/mol. The summed E-state index contributed by atoms with van der Waals surface area (Å²) in [6, 6.07) is 11.6. The van der Waals surface area contributed by atoms with Crippen molar-refractivity contribution < 1.29 is 18.4 Å². The fourth-order valence-corrected chi connectivity index (χ4v) is 3.73. The molecule has 1 heterocycles. The molecular weight excluding hydrogens is 303 g/mol. The molecular formula is C17H17FO3S. The van der Waals surface area contributed by atoms with Gasteiger partial charge in [-0.3, -0.25) is 4.21 Å². The second-order valence-corrected chi connectivity index (χ2v) is 7.05. The number of rotatable bonds is 3. The number of ether oxygens (including phenoxy) is 1. The highest BCUT2D eigenvalue weighted by atomic mass is 32.2. The highest BCUT2D eigenvalue weighted by Crippen LogP contribution is 2.33. The van der Waals surface area contributed by atoms with Crippen LogP contribution >= 0.6 is 0 Å². The Morgan fingerprint density at radius 3 is 2.73 bits per heavy atom. The van der Waals surface area contributed by atoms with Crippen molar-refractivity contribution in [2.24, 2.45) is 0 Å². The van der Waals surface area contributed by atoms with E-state index in [0.717, 1.165) is 11.1 Å². The molecule has 3 nitrogen and oxygen atoms in total. The van der Waals surface area contributed by atoms with Crippen LogP contribution in [0.25, 0.3) is 0 Å². The molecule has 0 aliphatic carbocycles. The lowest BCUT2D eigenvalue weighted by molar-refractivity contribution is -0.130. The van der Waals surface area contributed by atoms with E-state index in [0.29, 0.717) is 23.5 Å². The third kappa shape index (κ3) is 3.20. The van der Waals surface area contributed by atoms with Crippen molar-refractivity contribution in [3.63, 3.8) is 0 Å². The quantitative estimate of drug-likeness (QED) is 0.946. The van der Waals surface area contributed by atoms with E-state index in [2.05, 4.69) is 0 Å². The first kappa shape index (κ1) is 15.2. The Morgan fingerprint density at radius 2 is 2.00 bits per heavy atom. The minimum atomic E-state index is -1.49. The number of fused-ring (bicyclic) bond motifs is 1. The van der Waals surface area contributed by atoms with Crippen LogP contribution in [0.4, 0.5) is 4.39 Å². The van der Waals surface area contributed by atoms with Gasteiger partial charge in [-0.05, 0) is 49.2 Å². The molecule has 3 rings (SSSR count). The summed E-state index contributed by atoms with van der Waals surface area (Å²) in [7, 11) is -1.36. The molecule has 2 atom stereocenters. The van der Waals surface area contributed by atoms with Gasteiger partial charge < -0.3 is 9.84 Å². The van der Waals surface area contributed by atoms with Crippen molar-refractivity contribution in [3.8, 4) is 5.75 Å². The Hall–Kier alpha value is -1.72. The molecule has 0 spiro atoms.